The van der Waals surface area contributed by atoms with Gasteiger partial charge in [0.1, 0.15) is 0 Å². The van der Waals surface area contributed by atoms with Crippen molar-refractivity contribution in [2.24, 2.45) is 0 Å². The fourth-order valence-corrected chi connectivity index (χ4v) is 3.28. The first kappa shape index (κ1) is 23.9. The van der Waals surface area contributed by atoms with Crippen LogP contribution in [0.1, 0.15) is 116 Å². The highest BCUT2D eigenvalue weighted by Gasteiger charge is 1.97. The van der Waals surface area contributed by atoms with Crippen LogP contribution >= 0.6 is 0 Å². The summed E-state index contributed by atoms with van der Waals surface area (Å²) in [6.45, 7) is 1.17. The van der Waals surface area contributed by atoms with Crippen LogP contribution in [0, 0.1) is 0 Å². The molecule has 0 saturated heterocycles. The summed E-state index contributed by atoms with van der Waals surface area (Å²) in [5.41, 5.74) is 0. The second-order valence-electron chi connectivity index (χ2n) is 7.38. The molecule has 0 unspecified atom stereocenters. The molecule has 3 heteroatoms. The second-order valence-corrected chi connectivity index (χ2v) is 7.38. The molecule has 0 aliphatic carbocycles. The highest BCUT2D eigenvalue weighted by Crippen LogP contribution is 2.14. The minimum absolute atomic E-state index is 0.538. The summed E-state index contributed by atoms with van der Waals surface area (Å²) < 4.78 is 0. The standard InChI is InChI=1S/C21H45NO2/c1-22-20-18-16-14-12-10-8-6-4-2-3-5-7-9-11-13-15-17-19-21(23)24/h21-24H,2-20H2,1H3. The molecule has 0 amide bonds. The zero-order valence-corrected chi connectivity index (χ0v) is 16.4. The maximum Gasteiger partial charge on any atom is 0.151 e. The number of aliphatic hydroxyl groups excluding tert-OH is 1. The minimum Gasteiger partial charge on any atom is -0.368 e. The summed E-state index contributed by atoms with van der Waals surface area (Å²) in [7, 11) is 2.04. The van der Waals surface area contributed by atoms with Crippen molar-refractivity contribution in [3.63, 3.8) is 0 Å². The number of hydrogen-bond acceptors (Lipinski definition) is 3. The van der Waals surface area contributed by atoms with E-state index in [2.05, 4.69) is 5.32 Å². The van der Waals surface area contributed by atoms with E-state index < -0.39 is 6.29 Å². The zero-order valence-electron chi connectivity index (χ0n) is 16.4. The highest BCUT2D eigenvalue weighted by atomic mass is 16.5. The molecular weight excluding hydrogens is 298 g/mol. The summed E-state index contributed by atoms with van der Waals surface area (Å²) >= 11 is 0. The third kappa shape index (κ3) is 21.9. The average molecular weight is 344 g/mol. The van der Waals surface area contributed by atoms with Crippen LogP contribution in [0.3, 0.4) is 0 Å². The van der Waals surface area contributed by atoms with Crippen molar-refractivity contribution < 1.29 is 10.2 Å². The van der Waals surface area contributed by atoms with E-state index in [0.717, 1.165) is 12.8 Å². The zero-order chi connectivity index (χ0) is 17.7. The summed E-state index contributed by atoms with van der Waals surface area (Å²) in [4.78, 5) is 0. The summed E-state index contributed by atoms with van der Waals surface area (Å²) in [5.74, 6) is 0. The maximum absolute atomic E-state index is 8.75. The Labute approximate surface area is 151 Å². The van der Waals surface area contributed by atoms with Crippen LogP contribution in [0.4, 0.5) is 0 Å². The molecule has 0 heterocycles. The number of unbranched alkanes of at least 4 members (excludes halogenated alkanes) is 16. The van der Waals surface area contributed by atoms with Crippen molar-refractivity contribution in [3.8, 4) is 0 Å². The van der Waals surface area contributed by atoms with E-state index in [-0.39, 0.29) is 0 Å². The van der Waals surface area contributed by atoms with E-state index in [1.54, 1.807) is 0 Å². The van der Waals surface area contributed by atoms with Gasteiger partial charge in [-0.2, -0.15) is 0 Å². The van der Waals surface area contributed by atoms with Gasteiger partial charge in [0, 0.05) is 0 Å². The van der Waals surface area contributed by atoms with E-state index in [1.807, 2.05) is 7.05 Å². The van der Waals surface area contributed by atoms with Gasteiger partial charge in [0.25, 0.3) is 0 Å². The first-order valence-corrected chi connectivity index (χ1v) is 10.8. The number of nitrogens with one attached hydrogen (secondary N) is 1. The number of rotatable bonds is 20. The van der Waals surface area contributed by atoms with Gasteiger partial charge in [0.05, 0.1) is 0 Å². The molecule has 0 aromatic heterocycles. The van der Waals surface area contributed by atoms with Crippen LogP contribution in [0.25, 0.3) is 0 Å². The smallest absolute Gasteiger partial charge is 0.151 e. The van der Waals surface area contributed by atoms with Crippen molar-refractivity contribution in [3.05, 3.63) is 0 Å². The minimum atomic E-state index is -1.10. The van der Waals surface area contributed by atoms with Gasteiger partial charge in [-0.25, -0.2) is 0 Å². The first-order valence-electron chi connectivity index (χ1n) is 10.8. The third-order valence-corrected chi connectivity index (χ3v) is 4.89. The van der Waals surface area contributed by atoms with E-state index >= 15 is 0 Å². The largest absolute Gasteiger partial charge is 0.368 e. The Kier molecular flexibility index (Phi) is 20.8. The molecule has 3 N–H and O–H groups in total. The van der Waals surface area contributed by atoms with Crippen LogP contribution in [-0.4, -0.2) is 30.1 Å². The summed E-state index contributed by atoms with van der Waals surface area (Å²) in [6.07, 6.45) is 22.4. The summed E-state index contributed by atoms with van der Waals surface area (Å²) in [5, 5.41) is 20.7. The fraction of sp³-hybridized carbons (Fsp3) is 1.00. The molecular formula is C21H45NO2. The molecule has 0 atom stereocenters. The van der Waals surface area contributed by atoms with Crippen molar-refractivity contribution in [1.29, 1.82) is 0 Å². The molecule has 0 aromatic carbocycles. The Morgan fingerprint density at radius 1 is 0.500 bits per heavy atom. The lowest BCUT2D eigenvalue weighted by molar-refractivity contribution is -0.0466. The van der Waals surface area contributed by atoms with Gasteiger partial charge in [0.2, 0.25) is 0 Å². The van der Waals surface area contributed by atoms with Crippen LogP contribution in [0.15, 0.2) is 0 Å². The monoisotopic (exact) mass is 343 g/mol. The first-order chi connectivity index (χ1) is 11.8. The Morgan fingerprint density at radius 3 is 1.08 bits per heavy atom. The topological polar surface area (TPSA) is 52.5 Å². The predicted molar refractivity (Wildman–Crippen MR) is 105 cm³/mol. The molecule has 0 aliphatic rings. The molecule has 0 aliphatic heterocycles. The fourth-order valence-electron chi connectivity index (χ4n) is 3.28. The Bertz CT molecular complexity index is 222. The van der Waals surface area contributed by atoms with Crippen LogP contribution in [0.5, 0.6) is 0 Å². The SMILES string of the molecule is CNCCCCCCCCCCCCCCCCCCCC(O)O. The number of aliphatic hydroxyl groups is 2. The lowest BCUT2D eigenvalue weighted by Crippen LogP contribution is -2.06. The van der Waals surface area contributed by atoms with Gasteiger partial charge >= 0.3 is 0 Å². The van der Waals surface area contributed by atoms with E-state index in [1.165, 1.54) is 103 Å². The van der Waals surface area contributed by atoms with Crippen LogP contribution < -0.4 is 5.32 Å². The van der Waals surface area contributed by atoms with E-state index in [0.29, 0.717) is 6.42 Å². The third-order valence-electron chi connectivity index (χ3n) is 4.89. The molecule has 146 valence electrons. The highest BCUT2D eigenvalue weighted by molar-refractivity contribution is 4.51. The Hall–Kier alpha value is -0.120. The molecule has 0 rings (SSSR count). The van der Waals surface area contributed by atoms with Crippen molar-refractivity contribution in [2.45, 2.75) is 122 Å². The molecule has 0 aromatic rings. The van der Waals surface area contributed by atoms with Gasteiger partial charge in [-0.3, -0.25) is 0 Å². The lowest BCUT2D eigenvalue weighted by atomic mass is 10.0. The average Bonchev–Trinajstić information content (AvgIpc) is 2.56. The van der Waals surface area contributed by atoms with E-state index in [4.69, 9.17) is 10.2 Å². The van der Waals surface area contributed by atoms with Crippen molar-refractivity contribution in [2.75, 3.05) is 13.6 Å². The van der Waals surface area contributed by atoms with Gasteiger partial charge in [0.15, 0.2) is 6.29 Å². The van der Waals surface area contributed by atoms with Gasteiger partial charge in [-0.15, -0.1) is 0 Å². The molecule has 0 saturated carbocycles. The van der Waals surface area contributed by atoms with Crippen molar-refractivity contribution >= 4 is 0 Å². The maximum atomic E-state index is 8.75. The molecule has 0 spiro atoms. The predicted octanol–water partition coefficient (Wildman–Crippen LogP) is 5.54. The van der Waals surface area contributed by atoms with Crippen molar-refractivity contribution in [1.82, 2.24) is 5.32 Å². The van der Waals surface area contributed by atoms with Gasteiger partial charge < -0.3 is 15.5 Å². The van der Waals surface area contributed by atoms with Crippen LogP contribution in [0.2, 0.25) is 0 Å². The van der Waals surface area contributed by atoms with E-state index in [9.17, 15) is 0 Å². The molecule has 0 bridgehead atoms. The normalized spacial score (nSPS) is 11.5. The molecule has 24 heavy (non-hydrogen) atoms. The molecule has 0 radical (unpaired) electrons. The lowest BCUT2D eigenvalue weighted by Gasteiger charge is -2.04. The van der Waals surface area contributed by atoms with Gasteiger partial charge in [-0.1, -0.05) is 96.3 Å². The number of hydrogen-bond donors (Lipinski definition) is 3. The van der Waals surface area contributed by atoms with Gasteiger partial charge in [-0.05, 0) is 32.9 Å². The van der Waals surface area contributed by atoms with Crippen LogP contribution in [-0.2, 0) is 0 Å². The summed E-state index contributed by atoms with van der Waals surface area (Å²) in [6, 6.07) is 0. The quantitative estimate of drug-likeness (QED) is 0.201. The molecule has 0 fully saturated rings. The molecule has 3 nitrogen and oxygen atoms in total. The Balaban J connectivity index is 2.95. The second kappa shape index (κ2) is 20.9. The Morgan fingerprint density at radius 2 is 0.792 bits per heavy atom.